The van der Waals surface area contributed by atoms with Crippen molar-refractivity contribution in [2.75, 3.05) is 20.3 Å². The summed E-state index contributed by atoms with van der Waals surface area (Å²) in [5.74, 6) is -2.00. The SMILES string of the molecule is CN(C(=O)C(CC(=O)O)NC(=O)OCC1c2ccccc2-c2ccccc21)C(CO)C(C)(C)C. The number of likely N-dealkylation sites (N-methyl/N-ethyl adjacent to an activating group) is 1. The van der Waals surface area contributed by atoms with Gasteiger partial charge in [-0.25, -0.2) is 4.79 Å². The van der Waals surface area contributed by atoms with E-state index in [0.717, 1.165) is 22.3 Å². The van der Waals surface area contributed by atoms with Crippen molar-refractivity contribution in [2.45, 2.75) is 45.2 Å². The minimum absolute atomic E-state index is 0.0466. The second kappa shape index (κ2) is 10.3. The molecule has 2 aromatic rings. The Bertz CT molecular complexity index is 1020. The number of aliphatic carboxylic acids is 1. The number of aliphatic hydroxyl groups is 1. The summed E-state index contributed by atoms with van der Waals surface area (Å²) in [6.07, 6.45) is -1.47. The van der Waals surface area contributed by atoms with Gasteiger partial charge >= 0.3 is 12.1 Å². The van der Waals surface area contributed by atoms with Gasteiger partial charge in [-0.2, -0.15) is 0 Å². The van der Waals surface area contributed by atoms with Crippen molar-refractivity contribution in [3.8, 4) is 11.1 Å². The summed E-state index contributed by atoms with van der Waals surface area (Å²) in [5.41, 5.74) is 3.82. The summed E-state index contributed by atoms with van der Waals surface area (Å²) >= 11 is 0. The number of hydrogen-bond donors (Lipinski definition) is 3. The number of fused-ring (bicyclic) bond motifs is 3. The van der Waals surface area contributed by atoms with E-state index >= 15 is 0 Å². The zero-order valence-electron chi connectivity index (χ0n) is 19.9. The molecule has 2 atom stereocenters. The highest BCUT2D eigenvalue weighted by atomic mass is 16.5. The van der Waals surface area contributed by atoms with Crippen LogP contribution in [0.15, 0.2) is 48.5 Å². The minimum Gasteiger partial charge on any atom is -0.481 e. The zero-order chi connectivity index (χ0) is 25.0. The van der Waals surface area contributed by atoms with E-state index in [9.17, 15) is 24.6 Å². The van der Waals surface area contributed by atoms with Crippen LogP contribution in [0.4, 0.5) is 4.79 Å². The van der Waals surface area contributed by atoms with Gasteiger partial charge in [-0.05, 0) is 27.7 Å². The highest BCUT2D eigenvalue weighted by Crippen LogP contribution is 2.44. The Morgan fingerprint density at radius 2 is 1.56 bits per heavy atom. The smallest absolute Gasteiger partial charge is 0.407 e. The fourth-order valence-corrected chi connectivity index (χ4v) is 4.53. The number of carboxylic acids is 1. The molecule has 0 bridgehead atoms. The fourth-order valence-electron chi connectivity index (χ4n) is 4.53. The van der Waals surface area contributed by atoms with Crippen LogP contribution >= 0.6 is 0 Å². The lowest BCUT2D eigenvalue weighted by Crippen LogP contribution is -2.55. The average Bonchev–Trinajstić information content (AvgIpc) is 3.09. The first kappa shape index (κ1) is 25.2. The van der Waals surface area contributed by atoms with Gasteiger partial charge in [0.1, 0.15) is 12.6 Å². The van der Waals surface area contributed by atoms with Crippen LogP contribution in [0.5, 0.6) is 0 Å². The normalized spacial score (nSPS) is 14.5. The van der Waals surface area contributed by atoms with E-state index in [-0.39, 0.29) is 19.1 Å². The van der Waals surface area contributed by atoms with Crippen molar-refractivity contribution in [3.63, 3.8) is 0 Å². The summed E-state index contributed by atoms with van der Waals surface area (Å²) in [6, 6.07) is 13.9. The molecule has 0 saturated heterocycles. The summed E-state index contributed by atoms with van der Waals surface area (Å²) in [4.78, 5) is 38.3. The molecular weight excluding hydrogens is 436 g/mol. The first-order valence-corrected chi connectivity index (χ1v) is 11.3. The van der Waals surface area contributed by atoms with Crippen LogP contribution in [-0.2, 0) is 14.3 Å². The van der Waals surface area contributed by atoms with Gasteiger partial charge in [-0.15, -0.1) is 0 Å². The molecule has 8 nitrogen and oxygen atoms in total. The molecule has 0 aromatic heterocycles. The first-order valence-electron chi connectivity index (χ1n) is 11.3. The third-order valence-electron chi connectivity index (χ3n) is 6.30. The standard InChI is InChI=1S/C26H32N2O6/c1-26(2,3)22(14-29)28(4)24(32)21(13-23(30)31)27-25(33)34-15-20-18-11-7-5-9-16(18)17-10-6-8-12-19(17)20/h5-12,20-22,29H,13-15H2,1-4H3,(H,27,33)(H,30,31). The van der Waals surface area contributed by atoms with Gasteiger partial charge in [0.15, 0.2) is 0 Å². The number of ether oxygens (including phenoxy) is 1. The van der Waals surface area contributed by atoms with Gasteiger partial charge < -0.3 is 25.2 Å². The largest absolute Gasteiger partial charge is 0.481 e. The summed E-state index contributed by atoms with van der Waals surface area (Å²) in [6.45, 7) is 5.34. The van der Waals surface area contributed by atoms with Crippen LogP contribution in [0, 0.1) is 5.41 Å². The number of benzene rings is 2. The van der Waals surface area contributed by atoms with E-state index in [1.54, 1.807) is 0 Å². The molecule has 0 radical (unpaired) electrons. The van der Waals surface area contributed by atoms with E-state index in [1.165, 1.54) is 11.9 Å². The van der Waals surface area contributed by atoms with Gasteiger partial charge in [-0.3, -0.25) is 9.59 Å². The number of carboxylic acid groups (broad SMARTS) is 1. The van der Waals surface area contributed by atoms with E-state index in [2.05, 4.69) is 5.32 Å². The van der Waals surface area contributed by atoms with Gasteiger partial charge in [0.25, 0.3) is 0 Å². The monoisotopic (exact) mass is 468 g/mol. The van der Waals surface area contributed by atoms with Crippen molar-refractivity contribution in [2.24, 2.45) is 5.41 Å². The number of aliphatic hydroxyl groups excluding tert-OH is 1. The van der Waals surface area contributed by atoms with E-state index < -0.39 is 41.9 Å². The number of nitrogens with one attached hydrogen (secondary N) is 1. The van der Waals surface area contributed by atoms with Gasteiger partial charge in [0.2, 0.25) is 5.91 Å². The summed E-state index contributed by atoms with van der Waals surface area (Å²) in [7, 11) is 1.49. The lowest BCUT2D eigenvalue weighted by Gasteiger charge is -2.38. The highest BCUT2D eigenvalue weighted by Gasteiger charge is 2.36. The number of carbonyl (C=O) groups excluding carboxylic acids is 2. The zero-order valence-corrected chi connectivity index (χ0v) is 19.9. The Hall–Kier alpha value is -3.39. The molecule has 2 unspecified atom stereocenters. The molecule has 8 heteroatoms. The second-order valence-corrected chi connectivity index (χ2v) is 9.63. The lowest BCUT2D eigenvalue weighted by atomic mass is 9.86. The van der Waals surface area contributed by atoms with Crippen molar-refractivity contribution < 1.29 is 29.3 Å². The first-order chi connectivity index (χ1) is 16.0. The molecule has 3 N–H and O–H groups in total. The number of amides is 2. The topological polar surface area (TPSA) is 116 Å². The average molecular weight is 469 g/mol. The third kappa shape index (κ3) is 5.39. The number of rotatable bonds is 8. The Kier molecular flexibility index (Phi) is 7.61. The van der Waals surface area contributed by atoms with Crippen LogP contribution in [0.3, 0.4) is 0 Å². The molecule has 0 saturated carbocycles. The lowest BCUT2D eigenvalue weighted by molar-refractivity contribution is -0.144. The fraction of sp³-hybridized carbons (Fsp3) is 0.423. The molecule has 1 aliphatic carbocycles. The van der Waals surface area contributed by atoms with Crippen molar-refractivity contribution in [3.05, 3.63) is 59.7 Å². The van der Waals surface area contributed by atoms with Crippen molar-refractivity contribution >= 4 is 18.0 Å². The van der Waals surface area contributed by atoms with Gasteiger partial charge in [0, 0.05) is 13.0 Å². The molecule has 182 valence electrons. The molecule has 0 fully saturated rings. The molecule has 34 heavy (non-hydrogen) atoms. The van der Waals surface area contributed by atoms with E-state index in [4.69, 9.17) is 4.74 Å². The third-order valence-corrected chi connectivity index (χ3v) is 6.30. The van der Waals surface area contributed by atoms with Crippen LogP contribution in [0.25, 0.3) is 11.1 Å². The van der Waals surface area contributed by atoms with E-state index in [0.29, 0.717) is 0 Å². The quantitative estimate of drug-likeness (QED) is 0.548. The summed E-state index contributed by atoms with van der Waals surface area (Å²) < 4.78 is 5.47. The number of hydrogen-bond acceptors (Lipinski definition) is 5. The van der Waals surface area contributed by atoms with Gasteiger partial charge in [-0.1, -0.05) is 69.3 Å². The molecule has 1 aliphatic rings. The molecule has 0 aliphatic heterocycles. The Morgan fingerprint density at radius 1 is 1.03 bits per heavy atom. The van der Waals surface area contributed by atoms with Crippen LogP contribution in [-0.4, -0.2) is 65.4 Å². The number of nitrogens with zero attached hydrogens (tertiary/aromatic N) is 1. The maximum Gasteiger partial charge on any atom is 0.407 e. The molecule has 3 rings (SSSR count). The maximum atomic E-state index is 13.0. The Balaban J connectivity index is 1.71. The van der Waals surface area contributed by atoms with Crippen LogP contribution < -0.4 is 5.32 Å². The maximum absolute atomic E-state index is 13.0. The number of carbonyl (C=O) groups is 3. The van der Waals surface area contributed by atoms with Crippen LogP contribution in [0.2, 0.25) is 0 Å². The van der Waals surface area contributed by atoms with Crippen molar-refractivity contribution in [1.29, 1.82) is 0 Å². The molecular formula is C26H32N2O6. The molecule has 2 amide bonds. The van der Waals surface area contributed by atoms with Crippen LogP contribution in [0.1, 0.15) is 44.2 Å². The minimum atomic E-state index is -1.32. The van der Waals surface area contributed by atoms with E-state index in [1.807, 2.05) is 69.3 Å². The highest BCUT2D eigenvalue weighted by molar-refractivity contribution is 5.89. The predicted molar refractivity (Wildman–Crippen MR) is 127 cm³/mol. The molecule has 0 heterocycles. The Morgan fingerprint density at radius 3 is 2.03 bits per heavy atom. The summed E-state index contributed by atoms with van der Waals surface area (Å²) in [5, 5.41) is 21.5. The van der Waals surface area contributed by atoms with Gasteiger partial charge in [0.05, 0.1) is 19.1 Å². The van der Waals surface area contributed by atoms with Crippen molar-refractivity contribution in [1.82, 2.24) is 10.2 Å². The number of alkyl carbamates (subject to hydrolysis) is 1. The molecule has 2 aromatic carbocycles. The second-order valence-electron chi connectivity index (χ2n) is 9.63. The molecule has 0 spiro atoms. The Labute approximate surface area is 199 Å². The predicted octanol–water partition coefficient (Wildman–Crippen LogP) is 3.23.